The second-order valence-electron chi connectivity index (χ2n) is 3.43. The highest BCUT2D eigenvalue weighted by molar-refractivity contribution is 5.69. The Morgan fingerprint density at radius 3 is 2.25 bits per heavy atom. The van der Waals surface area contributed by atoms with E-state index >= 15 is 0 Å². The zero-order valence-corrected chi connectivity index (χ0v) is 7.95. The highest BCUT2D eigenvalue weighted by Crippen LogP contribution is 2.17. The molecule has 3 nitrogen and oxygen atoms in total. The minimum Gasteiger partial charge on any atom is -0.481 e. The first-order valence-electron chi connectivity index (χ1n) is 4.39. The fourth-order valence-electron chi connectivity index (χ4n) is 1.22. The van der Waals surface area contributed by atoms with Gasteiger partial charge in [-0.05, 0) is 18.8 Å². The van der Waals surface area contributed by atoms with Crippen molar-refractivity contribution in [3.8, 4) is 0 Å². The topological polar surface area (TPSA) is 57.5 Å². The maximum atomic E-state index is 10.5. The van der Waals surface area contributed by atoms with Gasteiger partial charge in [0.15, 0.2) is 0 Å². The molecular formula is C9H18O3. The molecule has 0 aliphatic carbocycles. The third-order valence-electron chi connectivity index (χ3n) is 2.22. The van der Waals surface area contributed by atoms with Crippen LogP contribution in [0.15, 0.2) is 0 Å². The van der Waals surface area contributed by atoms with Crippen LogP contribution in [0.25, 0.3) is 0 Å². The van der Waals surface area contributed by atoms with Crippen LogP contribution < -0.4 is 0 Å². The summed E-state index contributed by atoms with van der Waals surface area (Å²) in [4.78, 5) is 10.5. The van der Waals surface area contributed by atoms with Gasteiger partial charge < -0.3 is 10.2 Å². The minimum atomic E-state index is -0.787. The van der Waals surface area contributed by atoms with E-state index in [0.29, 0.717) is 12.8 Å². The number of carbonyl (C=O) groups is 1. The van der Waals surface area contributed by atoms with Crippen LogP contribution in [-0.2, 0) is 4.79 Å². The molecule has 0 aliphatic rings. The molecule has 3 atom stereocenters. The highest BCUT2D eigenvalue weighted by Gasteiger charge is 2.19. The van der Waals surface area contributed by atoms with Crippen LogP contribution in [0.4, 0.5) is 0 Å². The maximum absolute atomic E-state index is 10.5. The number of rotatable bonds is 5. The van der Waals surface area contributed by atoms with E-state index in [-0.39, 0.29) is 17.9 Å². The van der Waals surface area contributed by atoms with Gasteiger partial charge >= 0.3 is 5.97 Å². The Bertz CT molecular complexity index is 145. The van der Waals surface area contributed by atoms with Crippen molar-refractivity contribution in [1.29, 1.82) is 0 Å². The Balaban J connectivity index is 3.83. The van der Waals surface area contributed by atoms with E-state index in [4.69, 9.17) is 5.11 Å². The van der Waals surface area contributed by atoms with Gasteiger partial charge in [0.25, 0.3) is 0 Å². The zero-order chi connectivity index (χ0) is 9.72. The molecule has 0 fully saturated rings. The number of aliphatic carboxylic acids is 1. The van der Waals surface area contributed by atoms with Gasteiger partial charge in [0.05, 0.1) is 12.0 Å². The van der Waals surface area contributed by atoms with E-state index in [0.717, 1.165) is 0 Å². The molecule has 72 valence electrons. The van der Waals surface area contributed by atoms with Crippen LogP contribution in [0.5, 0.6) is 0 Å². The second-order valence-corrected chi connectivity index (χ2v) is 3.43. The average molecular weight is 174 g/mol. The van der Waals surface area contributed by atoms with E-state index in [1.165, 1.54) is 0 Å². The first kappa shape index (κ1) is 11.4. The molecule has 2 N–H and O–H groups in total. The summed E-state index contributed by atoms with van der Waals surface area (Å²) in [5, 5.41) is 18.0. The summed E-state index contributed by atoms with van der Waals surface area (Å²) < 4.78 is 0. The Morgan fingerprint density at radius 2 is 1.92 bits per heavy atom. The van der Waals surface area contributed by atoms with Crippen molar-refractivity contribution in [2.24, 2.45) is 11.8 Å². The summed E-state index contributed by atoms with van der Waals surface area (Å²) in [6.07, 6.45) is 0.865. The Morgan fingerprint density at radius 1 is 1.42 bits per heavy atom. The third kappa shape index (κ3) is 3.72. The van der Waals surface area contributed by atoms with Crippen LogP contribution in [0.2, 0.25) is 0 Å². The molecule has 0 aliphatic heterocycles. The lowest BCUT2D eigenvalue weighted by atomic mass is 9.92. The quantitative estimate of drug-likeness (QED) is 0.664. The molecule has 0 aromatic heterocycles. The molecule has 12 heavy (non-hydrogen) atoms. The van der Waals surface area contributed by atoms with Gasteiger partial charge in [0.1, 0.15) is 0 Å². The molecule has 0 amide bonds. The summed E-state index contributed by atoms with van der Waals surface area (Å²) in [6, 6.07) is 0. The number of hydrogen-bond donors (Lipinski definition) is 2. The number of aliphatic hydroxyl groups excluding tert-OH is 1. The lowest BCUT2D eigenvalue weighted by molar-refractivity contribution is -0.141. The highest BCUT2D eigenvalue weighted by atomic mass is 16.4. The van der Waals surface area contributed by atoms with E-state index in [1.54, 1.807) is 6.92 Å². The molecule has 0 aromatic rings. The van der Waals surface area contributed by atoms with Gasteiger partial charge in [-0.15, -0.1) is 0 Å². The normalized spacial score (nSPS) is 18.3. The first-order chi connectivity index (χ1) is 5.49. The van der Waals surface area contributed by atoms with Crippen LogP contribution in [-0.4, -0.2) is 22.3 Å². The number of aliphatic hydroxyl groups is 1. The summed E-state index contributed by atoms with van der Waals surface area (Å²) in [5.41, 5.74) is 0. The predicted molar refractivity (Wildman–Crippen MR) is 46.9 cm³/mol. The number of hydrogen-bond acceptors (Lipinski definition) is 2. The molecule has 0 rings (SSSR count). The number of carboxylic acid groups (broad SMARTS) is 1. The van der Waals surface area contributed by atoms with Crippen LogP contribution in [0.1, 0.15) is 33.6 Å². The average Bonchev–Trinajstić information content (AvgIpc) is 2.02. The van der Waals surface area contributed by atoms with Crippen LogP contribution in [0.3, 0.4) is 0 Å². The van der Waals surface area contributed by atoms with E-state index < -0.39 is 5.97 Å². The summed E-state index contributed by atoms with van der Waals surface area (Å²) in [6.45, 7) is 5.45. The van der Waals surface area contributed by atoms with Crippen molar-refractivity contribution in [2.45, 2.75) is 39.7 Å². The van der Waals surface area contributed by atoms with Crippen molar-refractivity contribution in [2.75, 3.05) is 0 Å². The lowest BCUT2D eigenvalue weighted by Crippen LogP contribution is -2.22. The predicted octanol–water partition coefficient (Wildman–Crippen LogP) is 1.50. The van der Waals surface area contributed by atoms with Gasteiger partial charge in [-0.1, -0.05) is 20.8 Å². The molecule has 0 aromatic carbocycles. The van der Waals surface area contributed by atoms with Gasteiger partial charge in [-0.25, -0.2) is 0 Å². The van der Waals surface area contributed by atoms with Gasteiger partial charge in [-0.2, -0.15) is 0 Å². The molecule has 0 radical (unpaired) electrons. The van der Waals surface area contributed by atoms with Crippen molar-refractivity contribution in [1.82, 2.24) is 0 Å². The Kier molecular flexibility index (Phi) is 4.90. The van der Waals surface area contributed by atoms with Crippen molar-refractivity contribution in [3.63, 3.8) is 0 Å². The maximum Gasteiger partial charge on any atom is 0.306 e. The Hall–Kier alpha value is -0.570. The van der Waals surface area contributed by atoms with Crippen LogP contribution >= 0.6 is 0 Å². The molecule has 0 saturated heterocycles. The lowest BCUT2D eigenvalue weighted by Gasteiger charge is -2.18. The standard InChI is InChI=1S/C9H18O3/c1-4-8(10)6(2)5-7(3)9(11)12/h6-8,10H,4-5H2,1-3H3,(H,11,12)/t6-,7-,8+/m0/s1. The number of carboxylic acids is 1. The summed E-state index contributed by atoms with van der Waals surface area (Å²) in [5.74, 6) is -1.08. The Labute approximate surface area is 73.4 Å². The van der Waals surface area contributed by atoms with Gasteiger partial charge in [0.2, 0.25) is 0 Å². The van der Waals surface area contributed by atoms with Crippen molar-refractivity contribution < 1.29 is 15.0 Å². The molecule has 0 unspecified atom stereocenters. The second kappa shape index (κ2) is 5.14. The van der Waals surface area contributed by atoms with E-state index in [9.17, 15) is 9.90 Å². The van der Waals surface area contributed by atoms with Gasteiger partial charge in [-0.3, -0.25) is 4.79 Å². The summed E-state index contributed by atoms with van der Waals surface area (Å²) in [7, 11) is 0. The zero-order valence-electron chi connectivity index (χ0n) is 7.95. The van der Waals surface area contributed by atoms with Crippen molar-refractivity contribution >= 4 is 5.97 Å². The van der Waals surface area contributed by atoms with Crippen molar-refractivity contribution in [3.05, 3.63) is 0 Å². The van der Waals surface area contributed by atoms with E-state index in [2.05, 4.69) is 0 Å². The fourth-order valence-corrected chi connectivity index (χ4v) is 1.22. The molecule has 0 bridgehead atoms. The third-order valence-corrected chi connectivity index (χ3v) is 2.22. The monoisotopic (exact) mass is 174 g/mol. The SMILES string of the molecule is CC[C@@H](O)[C@@H](C)C[C@H](C)C(=O)O. The molecule has 3 heteroatoms. The smallest absolute Gasteiger partial charge is 0.306 e. The minimum absolute atomic E-state index is 0.0705. The summed E-state index contributed by atoms with van der Waals surface area (Å²) >= 11 is 0. The molecule has 0 spiro atoms. The largest absolute Gasteiger partial charge is 0.481 e. The first-order valence-corrected chi connectivity index (χ1v) is 4.39. The molecule has 0 saturated carbocycles. The van der Waals surface area contributed by atoms with E-state index in [1.807, 2.05) is 13.8 Å². The molecule has 0 heterocycles. The molecular weight excluding hydrogens is 156 g/mol. The van der Waals surface area contributed by atoms with Gasteiger partial charge in [0, 0.05) is 0 Å². The van der Waals surface area contributed by atoms with Crippen LogP contribution in [0, 0.1) is 11.8 Å². The fraction of sp³-hybridized carbons (Fsp3) is 0.889.